The van der Waals surface area contributed by atoms with E-state index in [-0.39, 0.29) is 17.3 Å². The molecule has 0 bridgehead atoms. The van der Waals surface area contributed by atoms with Crippen molar-refractivity contribution in [1.82, 2.24) is 0 Å². The lowest BCUT2D eigenvalue weighted by atomic mass is 9.61. The zero-order chi connectivity index (χ0) is 15.0. The Labute approximate surface area is 126 Å². The molecule has 2 nitrogen and oxygen atoms in total. The van der Waals surface area contributed by atoms with Gasteiger partial charge in [-0.1, -0.05) is 42.8 Å². The number of aliphatic hydroxyl groups is 1. The van der Waals surface area contributed by atoms with Crippen molar-refractivity contribution >= 4 is 11.9 Å². The number of allylic oxidation sites excluding steroid dienone is 2. The van der Waals surface area contributed by atoms with Crippen molar-refractivity contribution in [2.45, 2.75) is 45.6 Å². The average Bonchev–Trinajstić information content (AvgIpc) is 2.48. The van der Waals surface area contributed by atoms with Gasteiger partial charge in [0.25, 0.3) is 0 Å². The first-order valence-corrected chi connectivity index (χ1v) is 7.71. The van der Waals surface area contributed by atoms with Crippen LogP contribution in [0.1, 0.15) is 45.1 Å². The molecular formula is C19H22O2. The van der Waals surface area contributed by atoms with Crippen LogP contribution in [0, 0.1) is 5.41 Å². The normalized spacial score (nSPS) is 31.5. The summed E-state index contributed by atoms with van der Waals surface area (Å²) >= 11 is 0. The van der Waals surface area contributed by atoms with E-state index in [1.54, 1.807) is 0 Å². The Morgan fingerprint density at radius 2 is 2.00 bits per heavy atom. The summed E-state index contributed by atoms with van der Waals surface area (Å²) in [4.78, 5) is 12.6. The molecule has 21 heavy (non-hydrogen) atoms. The Morgan fingerprint density at radius 3 is 2.71 bits per heavy atom. The van der Waals surface area contributed by atoms with Gasteiger partial charge >= 0.3 is 0 Å². The Hall–Kier alpha value is -1.67. The lowest BCUT2D eigenvalue weighted by Gasteiger charge is -2.45. The second-order valence-electron chi connectivity index (χ2n) is 6.52. The van der Waals surface area contributed by atoms with Crippen LogP contribution in [-0.2, 0) is 4.79 Å². The first-order chi connectivity index (χ1) is 10.0. The Morgan fingerprint density at radius 1 is 1.29 bits per heavy atom. The van der Waals surface area contributed by atoms with Gasteiger partial charge in [-0.15, -0.1) is 0 Å². The molecule has 1 aromatic carbocycles. The summed E-state index contributed by atoms with van der Waals surface area (Å²) in [7, 11) is 0. The second kappa shape index (κ2) is 5.27. The highest BCUT2D eigenvalue weighted by Gasteiger charge is 2.45. The summed E-state index contributed by atoms with van der Waals surface area (Å²) in [6.45, 7) is 4.03. The van der Waals surface area contributed by atoms with Crippen molar-refractivity contribution in [3.05, 3.63) is 52.6 Å². The molecule has 2 unspecified atom stereocenters. The van der Waals surface area contributed by atoms with Gasteiger partial charge in [-0.05, 0) is 49.8 Å². The highest BCUT2D eigenvalue weighted by molar-refractivity contribution is 6.12. The van der Waals surface area contributed by atoms with Gasteiger partial charge in [0.05, 0.1) is 6.10 Å². The van der Waals surface area contributed by atoms with Crippen molar-refractivity contribution in [2.24, 2.45) is 5.41 Å². The number of benzene rings is 1. The fourth-order valence-electron chi connectivity index (χ4n) is 3.84. The van der Waals surface area contributed by atoms with Gasteiger partial charge in [0.15, 0.2) is 5.78 Å². The molecule has 0 aromatic heterocycles. The number of carbonyl (C=O) groups excluding carboxylic acids is 1. The van der Waals surface area contributed by atoms with E-state index < -0.39 is 0 Å². The number of rotatable bonds is 1. The topological polar surface area (TPSA) is 37.3 Å². The molecule has 110 valence electrons. The summed E-state index contributed by atoms with van der Waals surface area (Å²) in [5, 5.41) is 10.5. The number of carbonyl (C=O) groups is 1. The maximum atomic E-state index is 12.6. The minimum absolute atomic E-state index is 0.153. The minimum atomic E-state index is -0.344. The molecule has 2 aliphatic rings. The summed E-state index contributed by atoms with van der Waals surface area (Å²) in [6.07, 6.45) is 5.05. The number of hydrogen-bond acceptors (Lipinski definition) is 2. The number of Topliss-reactive ketones (excluding diaryl/α,β-unsaturated/α-hetero) is 1. The summed E-state index contributed by atoms with van der Waals surface area (Å²) < 4.78 is 0. The predicted molar refractivity (Wildman–Crippen MR) is 84.7 cm³/mol. The van der Waals surface area contributed by atoms with E-state index in [0.717, 1.165) is 36.0 Å². The van der Waals surface area contributed by atoms with Crippen LogP contribution in [0.4, 0.5) is 0 Å². The van der Waals surface area contributed by atoms with Crippen LogP contribution < -0.4 is 0 Å². The van der Waals surface area contributed by atoms with E-state index in [0.29, 0.717) is 6.42 Å². The molecule has 2 heteroatoms. The van der Waals surface area contributed by atoms with Gasteiger partial charge < -0.3 is 5.11 Å². The SMILES string of the molecule is CC1=C2CCCC(O)C2(C)CC(=Cc2ccccc2)C1=O. The van der Waals surface area contributed by atoms with Crippen molar-refractivity contribution in [3.63, 3.8) is 0 Å². The van der Waals surface area contributed by atoms with E-state index in [2.05, 4.69) is 6.92 Å². The van der Waals surface area contributed by atoms with E-state index in [1.807, 2.05) is 43.3 Å². The zero-order valence-corrected chi connectivity index (χ0v) is 12.7. The molecule has 3 rings (SSSR count). The first kappa shape index (κ1) is 14.3. The largest absolute Gasteiger partial charge is 0.392 e. The third-order valence-corrected chi connectivity index (χ3v) is 5.11. The number of fused-ring (bicyclic) bond motifs is 1. The third-order valence-electron chi connectivity index (χ3n) is 5.11. The lowest BCUT2D eigenvalue weighted by molar-refractivity contribution is -0.113. The van der Waals surface area contributed by atoms with Crippen molar-refractivity contribution in [1.29, 1.82) is 0 Å². The molecule has 2 atom stereocenters. The molecule has 0 saturated heterocycles. The molecule has 1 N–H and O–H groups in total. The van der Waals surface area contributed by atoms with Gasteiger partial charge in [-0.3, -0.25) is 4.79 Å². The lowest BCUT2D eigenvalue weighted by Crippen LogP contribution is -2.42. The predicted octanol–water partition coefficient (Wildman–Crippen LogP) is 3.91. The van der Waals surface area contributed by atoms with Crippen molar-refractivity contribution < 1.29 is 9.90 Å². The maximum Gasteiger partial charge on any atom is 0.184 e. The van der Waals surface area contributed by atoms with Crippen LogP contribution in [-0.4, -0.2) is 17.0 Å². The van der Waals surface area contributed by atoms with Crippen LogP contribution in [0.2, 0.25) is 0 Å². The van der Waals surface area contributed by atoms with Crippen LogP contribution in [0.3, 0.4) is 0 Å². The molecule has 0 heterocycles. The fourth-order valence-corrected chi connectivity index (χ4v) is 3.84. The zero-order valence-electron chi connectivity index (χ0n) is 12.7. The standard InChI is InChI=1S/C19H22O2/c1-13-16-9-6-10-17(20)19(16,2)12-15(18(13)21)11-14-7-4-3-5-8-14/h3-5,7-8,11,17,20H,6,9-10,12H2,1-2H3. The number of hydrogen-bond donors (Lipinski definition) is 1. The highest BCUT2D eigenvalue weighted by Crippen LogP contribution is 2.50. The molecule has 2 aliphatic carbocycles. The first-order valence-electron chi connectivity index (χ1n) is 7.71. The monoisotopic (exact) mass is 282 g/mol. The number of ketones is 1. The smallest absolute Gasteiger partial charge is 0.184 e. The van der Waals surface area contributed by atoms with Crippen LogP contribution in [0.25, 0.3) is 6.08 Å². The summed E-state index contributed by atoms with van der Waals surface area (Å²) in [5.41, 5.74) is 3.63. The van der Waals surface area contributed by atoms with Gasteiger partial charge in [0.1, 0.15) is 0 Å². The summed E-state index contributed by atoms with van der Waals surface area (Å²) in [6, 6.07) is 9.94. The molecule has 0 radical (unpaired) electrons. The van der Waals surface area contributed by atoms with Crippen molar-refractivity contribution in [3.8, 4) is 0 Å². The van der Waals surface area contributed by atoms with Crippen LogP contribution in [0.15, 0.2) is 47.1 Å². The summed E-state index contributed by atoms with van der Waals surface area (Å²) in [5.74, 6) is 0.153. The Kier molecular flexibility index (Phi) is 3.58. The molecule has 0 aliphatic heterocycles. The van der Waals surface area contributed by atoms with Gasteiger partial charge in [0, 0.05) is 11.0 Å². The molecular weight excluding hydrogens is 260 g/mol. The van der Waals surface area contributed by atoms with E-state index in [4.69, 9.17) is 0 Å². The maximum absolute atomic E-state index is 12.6. The molecule has 1 aromatic rings. The van der Waals surface area contributed by atoms with Crippen LogP contribution >= 0.6 is 0 Å². The van der Waals surface area contributed by atoms with E-state index >= 15 is 0 Å². The second-order valence-corrected chi connectivity index (χ2v) is 6.52. The molecule has 1 fully saturated rings. The quantitative estimate of drug-likeness (QED) is 0.793. The van der Waals surface area contributed by atoms with Gasteiger partial charge in [-0.2, -0.15) is 0 Å². The Bertz CT molecular complexity index is 624. The average molecular weight is 282 g/mol. The Balaban J connectivity index is 2.05. The third kappa shape index (κ3) is 2.38. The van der Waals surface area contributed by atoms with Crippen molar-refractivity contribution in [2.75, 3.05) is 0 Å². The minimum Gasteiger partial charge on any atom is -0.392 e. The molecule has 0 spiro atoms. The fraction of sp³-hybridized carbons (Fsp3) is 0.421. The highest BCUT2D eigenvalue weighted by atomic mass is 16.3. The molecule has 1 saturated carbocycles. The van der Waals surface area contributed by atoms with Gasteiger partial charge in [-0.25, -0.2) is 0 Å². The van der Waals surface area contributed by atoms with Crippen LogP contribution in [0.5, 0.6) is 0 Å². The van der Waals surface area contributed by atoms with Gasteiger partial charge in [0.2, 0.25) is 0 Å². The van der Waals surface area contributed by atoms with E-state index in [1.165, 1.54) is 5.57 Å². The molecule has 0 amide bonds. The van der Waals surface area contributed by atoms with E-state index in [9.17, 15) is 9.90 Å². The number of aliphatic hydroxyl groups excluding tert-OH is 1.